The van der Waals surface area contributed by atoms with Gasteiger partial charge in [0.1, 0.15) is 5.56 Å². The molecule has 2 heterocycles. The Hall–Kier alpha value is -2.48. The molecule has 1 aromatic heterocycles. The first-order valence-corrected chi connectivity index (χ1v) is 8.03. The van der Waals surface area contributed by atoms with Crippen molar-refractivity contribution in [2.24, 2.45) is 0 Å². The third-order valence-electron chi connectivity index (χ3n) is 4.36. The number of hydrogen-bond donors (Lipinski definition) is 2. The molecule has 0 atom stereocenters. The third kappa shape index (κ3) is 2.97. The topological polar surface area (TPSA) is 94.4 Å². The average molecular weight is 352 g/mol. The van der Waals surface area contributed by atoms with Crippen molar-refractivity contribution in [1.82, 2.24) is 4.98 Å². The lowest BCUT2D eigenvalue weighted by atomic mass is 9.91. The van der Waals surface area contributed by atoms with E-state index in [9.17, 15) is 18.4 Å². The van der Waals surface area contributed by atoms with Crippen LogP contribution in [0.5, 0.6) is 0 Å². The van der Waals surface area contributed by atoms with E-state index in [4.69, 9.17) is 15.2 Å². The van der Waals surface area contributed by atoms with Gasteiger partial charge in [-0.3, -0.25) is 4.79 Å². The van der Waals surface area contributed by atoms with Crippen molar-refractivity contribution in [3.05, 3.63) is 39.2 Å². The molecule has 25 heavy (non-hydrogen) atoms. The van der Waals surface area contributed by atoms with Gasteiger partial charge in [-0.25, -0.2) is 13.6 Å². The maximum atomic E-state index is 13.8. The Morgan fingerprint density at radius 1 is 1.40 bits per heavy atom. The number of H-pyrrole nitrogens is 1. The fraction of sp³-hybridized carbons (Fsp3) is 0.412. The molecule has 2 aromatic rings. The summed E-state index contributed by atoms with van der Waals surface area (Å²) in [4.78, 5) is 28.1. The lowest BCUT2D eigenvalue weighted by Crippen LogP contribution is -2.26. The Bertz CT molecular complexity index is 889. The molecule has 0 unspecified atom stereocenters. The van der Waals surface area contributed by atoms with Crippen LogP contribution in [0.15, 0.2) is 10.9 Å². The van der Waals surface area contributed by atoms with E-state index in [-0.39, 0.29) is 29.0 Å². The van der Waals surface area contributed by atoms with E-state index in [2.05, 4.69) is 4.98 Å². The van der Waals surface area contributed by atoms with Crippen molar-refractivity contribution in [1.29, 1.82) is 0 Å². The van der Waals surface area contributed by atoms with Crippen LogP contribution in [0.4, 0.5) is 14.5 Å². The van der Waals surface area contributed by atoms with Crippen LogP contribution in [-0.4, -0.2) is 30.8 Å². The number of halogens is 2. The smallest absolute Gasteiger partial charge is 0.343 e. The maximum Gasteiger partial charge on any atom is 0.343 e. The highest BCUT2D eigenvalue weighted by Gasteiger charge is 2.28. The highest BCUT2D eigenvalue weighted by molar-refractivity contribution is 5.99. The number of esters is 1. The number of rotatable bonds is 3. The van der Waals surface area contributed by atoms with Crippen LogP contribution in [-0.2, 0) is 9.47 Å². The number of carbonyl (C=O) groups excluding carboxylic acids is 1. The zero-order chi connectivity index (χ0) is 18.1. The zero-order valence-corrected chi connectivity index (χ0v) is 13.7. The molecule has 1 saturated heterocycles. The molecule has 0 spiro atoms. The van der Waals surface area contributed by atoms with Crippen LogP contribution >= 0.6 is 0 Å². The van der Waals surface area contributed by atoms with Crippen molar-refractivity contribution in [3.63, 3.8) is 0 Å². The van der Waals surface area contributed by atoms with Gasteiger partial charge >= 0.3 is 5.97 Å². The summed E-state index contributed by atoms with van der Waals surface area (Å²) in [6.07, 6.45) is 1.18. The number of benzene rings is 1. The predicted octanol–water partition coefficient (Wildman–Crippen LogP) is 2.46. The van der Waals surface area contributed by atoms with Gasteiger partial charge in [0, 0.05) is 30.9 Å². The highest BCUT2D eigenvalue weighted by Crippen LogP contribution is 2.31. The molecule has 0 radical (unpaired) electrons. The fourth-order valence-electron chi connectivity index (χ4n) is 3.14. The van der Waals surface area contributed by atoms with E-state index >= 15 is 0 Å². The Kier molecular flexibility index (Phi) is 4.71. The van der Waals surface area contributed by atoms with Crippen LogP contribution in [0.2, 0.25) is 0 Å². The van der Waals surface area contributed by atoms with Crippen LogP contribution in [0.3, 0.4) is 0 Å². The number of hydrogen-bond acceptors (Lipinski definition) is 5. The minimum absolute atomic E-state index is 0.0518. The van der Waals surface area contributed by atoms with E-state index in [1.807, 2.05) is 0 Å². The number of fused-ring (bicyclic) bond motifs is 1. The van der Waals surface area contributed by atoms with Gasteiger partial charge in [-0.05, 0) is 19.8 Å². The lowest BCUT2D eigenvalue weighted by Gasteiger charge is -2.24. The van der Waals surface area contributed by atoms with Crippen molar-refractivity contribution in [3.8, 4) is 0 Å². The molecule has 1 aliphatic heterocycles. The van der Waals surface area contributed by atoms with Crippen LogP contribution in [0, 0.1) is 11.6 Å². The van der Waals surface area contributed by atoms with Crippen molar-refractivity contribution < 1.29 is 23.0 Å². The molecule has 134 valence electrons. The second kappa shape index (κ2) is 6.79. The zero-order valence-electron chi connectivity index (χ0n) is 13.7. The van der Waals surface area contributed by atoms with Crippen LogP contribution in [0.25, 0.3) is 10.9 Å². The van der Waals surface area contributed by atoms with E-state index in [1.54, 1.807) is 6.92 Å². The summed E-state index contributed by atoms with van der Waals surface area (Å²) >= 11 is 0. The highest BCUT2D eigenvalue weighted by atomic mass is 19.2. The summed E-state index contributed by atoms with van der Waals surface area (Å²) in [7, 11) is 0. The molecular formula is C17H18F2N2O4. The van der Waals surface area contributed by atoms with Gasteiger partial charge in [-0.15, -0.1) is 0 Å². The standard InChI is InChI=1S/C17H18F2N2O4/c1-2-25-17(23)12-15(8-3-5-24-6-4-8)21-10-7-9(18)13(19)14(20)11(10)16(12)22/h7-8H,2-6,20H2,1H3,(H,21,22). The molecule has 0 amide bonds. The van der Waals surface area contributed by atoms with Crippen molar-refractivity contribution >= 4 is 22.6 Å². The van der Waals surface area contributed by atoms with Gasteiger partial charge in [0.15, 0.2) is 11.6 Å². The first-order valence-electron chi connectivity index (χ1n) is 8.03. The number of carbonyl (C=O) groups is 1. The monoisotopic (exact) mass is 352 g/mol. The molecule has 8 heteroatoms. The predicted molar refractivity (Wildman–Crippen MR) is 87.6 cm³/mol. The normalized spacial score (nSPS) is 15.5. The second-order valence-electron chi connectivity index (χ2n) is 5.86. The molecule has 0 bridgehead atoms. The number of aromatic amines is 1. The van der Waals surface area contributed by atoms with Gasteiger partial charge in [0.25, 0.3) is 0 Å². The first kappa shape index (κ1) is 17.3. The third-order valence-corrected chi connectivity index (χ3v) is 4.36. The average Bonchev–Trinajstić information content (AvgIpc) is 2.60. The van der Waals surface area contributed by atoms with Gasteiger partial charge in [0.2, 0.25) is 5.43 Å². The number of pyridine rings is 1. The molecule has 1 fully saturated rings. The number of nitrogens with one attached hydrogen (secondary N) is 1. The quantitative estimate of drug-likeness (QED) is 0.654. The molecule has 3 rings (SSSR count). The molecule has 1 aromatic carbocycles. The Labute approximate surface area is 141 Å². The molecular weight excluding hydrogens is 334 g/mol. The first-order chi connectivity index (χ1) is 12.0. The molecule has 0 saturated carbocycles. The summed E-state index contributed by atoms with van der Waals surface area (Å²) in [5.74, 6) is -3.44. The lowest BCUT2D eigenvalue weighted by molar-refractivity contribution is 0.0517. The van der Waals surface area contributed by atoms with Gasteiger partial charge in [0.05, 0.1) is 23.2 Å². The van der Waals surface area contributed by atoms with Crippen molar-refractivity contribution in [2.75, 3.05) is 25.6 Å². The van der Waals surface area contributed by atoms with E-state index in [1.165, 1.54) is 0 Å². The molecule has 3 N–H and O–H groups in total. The summed E-state index contributed by atoms with van der Waals surface area (Å²) in [5, 5.41) is -0.252. The number of anilines is 1. The van der Waals surface area contributed by atoms with Gasteiger partial charge in [-0.2, -0.15) is 0 Å². The number of nitrogen functional groups attached to an aromatic ring is 1. The van der Waals surface area contributed by atoms with E-state index < -0.39 is 28.7 Å². The summed E-state index contributed by atoms with van der Waals surface area (Å²) in [5.41, 5.74) is 4.39. The summed E-state index contributed by atoms with van der Waals surface area (Å²) in [6, 6.07) is 0.875. The SMILES string of the molecule is CCOC(=O)c1c(C2CCOCC2)[nH]c2cc(F)c(F)c(N)c2c1=O. The summed E-state index contributed by atoms with van der Waals surface area (Å²) in [6.45, 7) is 2.65. The van der Waals surface area contributed by atoms with Gasteiger partial charge in [-0.1, -0.05) is 0 Å². The molecule has 6 nitrogen and oxygen atoms in total. The van der Waals surface area contributed by atoms with Crippen LogP contribution in [0.1, 0.15) is 41.7 Å². The van der Waals surface area contributed by atoms with Gasteiger partial charge < -0.3 is 20.2 Å². The number of ether oxygens (including phenoxy) is 2. The Balaban J connectivity index is 2.32. The molecule has 1 aliphatic rings. The van der Waals surface area contributed by atoms with E-state index in [0.29, 0.717) is 31.7 Å². The Morgan fingerprint density at radius 3 is 2.72 bits per heavy atom. The minimum atomic E-state index is -1.31. The number of aromatic nitrogens is 1. The largest absolute Gasteiger partial charge is 0.462 e. The number of nitrogens with two attached hydrogens (primary N) is 1. The second-order valence-corrected chi connectivity index (χ2v) is 5.86. The van der Waals surface area contributed by atoms with Crippen molar-refractivity contribution in [2.45, 2.75) is 25.7 Å². The molecule has 0 aliphatic carbocycles. The summed E-state index contributed by atoms with van der Waals surface area (Å²) < 4.78 is 37.8. The van der Waals surface area contributed by atoms with Crippen LogP contribution < -0.4 is 11.2 Å². The minimum Gasteiger partial charge on any atom is -0.462 e. The fourth-order valence-corrected chi connectivity index (χ4v) is 3.14. The van der Waals surface area contributed by atoms with E-state index in [0.717, 1.165) is 6.07 Å². The Morgan fingerprint density at radius 2 is 2.08 bits per heavy atom. The maximum absolute atomic E-state index is 13.8.